The van der Waals surface area contributed by atoms with Crippen LogP contribution in [0.2, 0.25) is 0 Å². The van der Waals surface area contributed by atoms with Crippen LogP contribution in [0.25, 0.3) is 0 Å². The molecule has 1 aromatic heterocycles. The molecule has 0 bridgehead atoms. The number of pyridine rings is 1. The van der Waals surface area contributed by atoms with Crippen molar-refractivity contribution in [2.24, 2.45) is 0 Å². The van der Waals surface area contributed by atoms with Crippen molar-refractivity contribution in [1.29, 1.82) is 0 Å². The lowest BCUT2D eigenvalue weighted by molar-refractivity contribution is 0.0955. The fourth-order valence-electron chi connectivity index (χ4n) is 0.933. The van der Waals surface area contributed by atoms with Crippen LogP contribution in [0.1, 0.15) is 17.6 Å². The molecule has 0 spiro atoms. The molecule has 1 heterocycles. The van der Waals surface area contributed by atoms with Crippen LogP contribution in [0.5, 0.6) is 5.75 Å². The summed E-state index contributed by atoms with van der Waals surface area (Å²) in [5, 5.41) is 11.4. The first-order valence-electron chi connectivity index (χ1n) is 5.94. The van der Waals surface area contributed by atoms with Crippen molar-refractivity contribution in [1.82, 2.24) is 10.3 Å². The summed E-state index contributed by atoms with van der Waals surface area (Å²) in [6.45, 7) is 1.60. The maximum absolute atomic E-state index is 11.2. The summed E-state index contributed by atoms with van der Waals surface area (Å²) in [5.41, 5.74) is -0.346. The second-order valence-electron chi connectivity index (χ2n) is 3.70. The van der Waals surface area contributed by atoms with Gasteiger partial charge in [-0.15, -0.1) is 0 Å². The van der Waals surface area contributed by atoms with Gasteiger partial charge in [0.05, 0.1) is 0 Å². The van der Waals surface area contributed by atoms with Crippen LogP contribution in [-0.4, -0.2) is 66.7 Å². The Kier molecular flexibility index (Phi) is 6.53. The lowest BCUT2D eigenvalue weighted by atomic mass is 8.81. The van der Waals surface area contributed by atoms with Gasteiger partial charge in [-0.1, -0.05) is 0 Å². The highest BCUT2D eigenvalue weighted by Crippen LogP contribution is 2.07. The predicted octanol–water partition coefficient (Wildman–Crippen LogP) is -2.54. The van der Waals surface area contributed by atoms with Crippen LogP contribution in [0.3, 0.4) is 0 Å². The van der Waals surface area contributed by atoms with Crippen molar-refractivity contribution in [3.05, 3.63) is 27.7 Å². The molecule has 3 N–H and O–H groups in total. The standard InChI is InChI=1S/C8H10N2O3.B6/c1-4-3-5(11)7(12)6(10-4)8(13)9-2;1-5(2)6(3)4/h3,12H,1-2H3,(H,9,13)(H,10,11);/i2T;. The first-order chi connectivity index (χ1) is 9.20. The second kappa shape index (κ2) is 7.92. The van der Waals surface area contributed by atoms with E-state index in [1.165, 1.54) is 6.07 Å². The average Bonchev–Trinajstić information content (AvgIpc) is 2.34. The summed E-state index contributed by atoms with van der Waals surface area (Å²) < 4.78 is 6.75. The number of aryl methyl sites for hydroxylation is 1. The number of aromatic hydroxyl groups is 1. The maximum Gasteiger partial charge on any atom is 0.271 e. The number of hydrogen-bond acceptors (Lipinski definition) is 3. The summed E-state index contributed by atoms with van der Waals surface area (Å²) in [5.74, 6) is -1.29. The summed E-state index contributed by atoms with van der Waals surface area (Å²) in [6.07, 6.45) is -1.19. The smallest absolute Gasteiger partial charge is 0.271 e. The molecule has 0 atom stereocenters. The molecule has 5 nitrogen and oxygen atoms in total. The normalized spacial score (nSPS) is 9.63. The van der Waals surface area contributed by atoms with E-state index in [9.17, 15) is 14.7 Å². The quantitative estimate of drug-likeness (QED) is 0.505. The third-order valence-electron chi connectivity index (χ3n) is 1.97. The zero-order valence-electron chi connectivity index (χ0n) is 11.5. The molecule has 0 aliphatic rings. The summed E-state index contributed by atoms with van der Waals surface area (Å²) in [7, 11) is 19.5. The third-order valence-corrected chi connectivity index (χ3v) is 1.97. The third kappa shape index (κ3) is 5.85. The van der Waals surface area contributed by atoms with Crippen molar-refractivity contribution in [3.63, 3.8) is 0 Å². The highest BCUT2D eigenvalue weighted by Gasteiger charge is 2.12. The minimum absolute atomic E-state index is 0.206. The Hall–Kier alpha value is -1.39. The monoisotopic (exact) mass is 250 g/mol. The molecule has 0 aliphatic heterocycles. The van der Waals surface area contributed by atoms with E-state index in [1.807, 2.05) is 0 Å². The Morgan fingerprint density at radius 2 is 1.95 bits per heavy atom. The van der Waals surface area contributed by atoms with Gasteiger partial charge in [0, 0.05) is 63.9 Å². The second-order valence-corrected chi connectivity index (χ2v) is 3.70. The SMILES string of the molecule is [3H]CNC(=O)c1[nH]c(C)cc(=O)c1O.[B]B([B])B([B])[B]. The number of amides is 1. The van der Waals surface area contributed by atoms with E-state index in [-0.39, 0.29) is 12.7 Å². The van der Waals surface area contributed by atoms with Crippen molar-refractivity contribution in [2.75, 3.05) is 7.02 Å². The minimum Gasteiger partial charge on any atom is -0.503 e. The van der Waals surface area contributed by atoms with E-state index >= 15 is 0 Å². The molecule has 0 fully saturated rings. The Morgan fingerprint density at radius 3 is 2.37 bits per heavy atom. The van der Waals surface area contributed by atoms with Crippen LogP contribution in [0.4, 0.5) is 0 Å². The maximum atomic E-state index is 11.2. The topological polar surface area (TPSA) is 82.2 Å². The summed E-state index contributed by atoms with van der Waals surface area (Å²) in [4.78, 5) is 24.8. The van der Waals surface area contributed by atoms with Gasteiger partial charge in [-0.05, 0) is 6.92 Å². The number of aromatic nitrogens is 1. The van der Waals surface area contributed by atoms with Crippen LogP contribution >= 0.6 is 0 Å². The van der Waals surface area contributed by atoms with Gasteiger partial charge < -0.3 is 15.4 Å². The van der Waals surface area contributed by atoms with Gasteiger partial charge in [0.25, 0.3) is 5.91 Å². The van der Waals surface area contributed by atoms with Crippen molar-refractivity contribution < 1.29 is 11.3 Å². The van der Waals surface area contributed by atoms with Gasteiger partial charge >= 0.3 is 0 Å². The molecule has 19 heavy (non-hydrogen) atoms. The van der Waals surface area contributed by atoms with E-state index in [4.69, 9.17) is 32.3 Å². The number of hydrogen-bond donors (Lipinski definition) is 3. The van der Waals surface area contributed by atoms with Gasteiger partial charge in [-0.25, -0.2) is 0 Å². The minimum atomic E-state index is -0.668. The first kappa shape index (κ1) is 15.7. The molecule has 88 valence electrons. The fraction of sp³-hybridized carbons (Fsp3) is 0.250. The van der Waals surface area contributed by atoms with E-state index in [1.54, 1.807) is 6.92 Å². The Balaban J connectivity index is 0.000000511. The van der Waals surface area contributed by atoms with E-state index in [2.05, 4.69) is 10.3 Å². The molecule has 1 aromatic rings. The Bertz CT molecular complexity index is 503. The van der Waals surface area contributed by atoms with Gasteiger partial charge in [0.15, 0.2) is 11.4 Å². The number of nitrogens with one attached hydrogen (secondary N) is 2. The van der Waals surface area contributed by atoms with E-state index < -0.39 is 29.9 Å². The van der Waals surface area contributed by atoms with Crippen LogP contribution in [0.15, 0.2) is 10.9 Å². The molecule has 8 radical (unpaired) electrons. The molecular weight excluding hydrogens is 237 g/mol. The zero-order valence-corrected chi connectivity index (χ0v) is 10.5. The van der Waals surface area contributed by atoms with Crippen molar-refractivity contribution in [2.45, 2.75) is 6.92 Å². The molecule has 0 unspecified atom stereocenters. The predicted molar refractivity (Wildman–Crippen MR) is 81.4 cm³/mol. The molecule has 0 aromatic carbocycles. The van der Waals surface area contributed by atoms with E-state index in [0.29, 0.717) is 5.69 Å². The summed E-state index contributed by atoms with van der Waals surface area (Å²) >= 11 is 0. The number of carbonyl (C=O) groups is 1. The molecule has 1 amide bonds. The Morgan fingerprint density at radius 1 is 1.42 bits per heavy atom. The Labute approximate surface area is 119 Å². The van der Waals surface area contributed by atoms with Gasteiger partial charge in [0.1, 0.15) is 0 Å². The molecule has 0 aliphatic carbocycles. The summed E-state index contributed by atoms with van der Waals surface area (Å²) in [6, 6.07) is 1.19. The molecule has 0 saturated heterocycles. The zero-order chi connectivity index (χ0) is 15.9. The van der Waals surface area contributed by atoms with E-state index in [0.717, 1.165) is 0 Å². The lowest BCUT2D eigenvalue weighted by Gasteiger charge is -2.03. The highest BCUT2D eigenvalue weighted by molar-refractivity contribution is 7.76. The van der Waals surface area contributed by atoms with Gasteiger partial charge in [0.2, 0.25) is 5.43 Å². The van der Waals surface area contributed by atoms with Gasteiger partial charge in [-0.3, -0.25) is 9.59 Å². The largest absolute Gasteiger partial charge is 0.503 e. The molecule has 1 rings (SSSR count). The number of carbonyl (C=O) groups excluding carboxylic acids is 1. The highest BCUT2D eigenvalue weighted by atomic mass is 16.3. The lowest BCUT2D eigenvalue weighted by Crippen LogP contribution is -2.38. The molecular formula is C8H10B6N2O3. The number of H-pyrrole nitrogens is 1. The first-order valence-corrected chi connectivity index (χ1v) is 5.23. The number of aromatic amines is 1. The van der Waals surface area contributed by atoms with Crippen molar-refractivity contribution >= 4 is 49.6 Å². The van der Waals surface area contributed by atoms with Gasteiger partial charge in [-0.2, -0.15) is 0 Å². The van der Waals surface area contributed by atoms with Crippen LogP contribution in [-0.2, 0) is 0 Å². The van der Waals surface area contributed by atoms with Crippen molar-refractivity contribution in [3.8, 4) is 5.75 Å². The number of rotatable bonds is 2. The average molecular weight is 249 g/mol. The fourth-order valence-corrected chi connectivity index (χ4v) is 0.933. The van der Waals surface area contributed by atoms with Crippen LogP contribution in [0, 0.1) is 6.92 Å². The molecule has 0 saturated carbocycles. The van der Waals surface area contributed by atoms with Crippen LogP contribution < -0.4 is 10.7 Å². The molecule has 11 heteroatoms.